The zero-order valence-electron chi connectivity index (χ0n) is 11.8. The summed E-state index contributed by atoms with van der Waals surface area (Å²) < 4.78 is 13.7. The number of carbonyl (C=O) groups is 1. The maximum atomic E-state index is 13.7. The smallest absolute Gasteiger partial charge is 0.251 e. The molecule has 2 aromatic carbocycles. The zero-order chi connectivity index (χ0) is 14.8. The Kier molecular flexibility index (Phi) is 3.60. The van der Waals surface area contributed by atoms with Crippen molar-refractivity contribution in [2.24, 2.45) is 0 Å². The quantitative estimate of drug-likeness (QED) is 0.908. The molecule has 0 bridgehead atoms. The van der Waals surface area contributed by atoms with Gasteiger partial charge in [0, 0.05) is 18.3 Å². The van der Waals surface area contributed by atoms with Crippen LogP contribution in [0.3, 0.4) is 0 Å². The first kappa shape index (κ1) is 13.6. The maximum absolute atomic E-state index is 13.7. The van der Waals surface area contributed by atoms with E-state index in [4.69, 9.17) is 0 Å². The molecule has 0 saturated heterocycles. The lowest BCUT2D eigenvalue weighted by Crippen LogP contribution is -2.17. The minimum Gasteiger partial charge on any atom is -0.378 e. The molecule has 0 aromatic heterocycles. The molecule has 4 heteroatoms. The molecular weight excluding hydrogens is 267 g/mol. The molecule has 0 saturated carbocycles. The minimum absolute atomic E-state index is 0.102. The van der Waals surface area contributed by atoms with Gasteiger partial charge >= 0.3 is 0 Å². The summed E-state index contributed by atoms with van der Waals surface area (Å²) in [5.74, 6) is -0.221. The molecule has 1 aliphatic carbocycles. The Labute approximate surface area is 123 Å². The van der Waals surface area contributed by atoms with Crippen LogP contribution in [0.1, 0.15) is 33.9 Å². The third kappa shape index (κ3) is 2.61. The van der Waals surface area contributed by atoms with Gasteiger partial charge in [-0.1, -0.05) is 12.1 Å². The van der Waals surface area contributed by atoms with Crippen LogP contribution in [0.5, 0.6) is 0 Å². The van der Waals surface area contributed by atoms with Crippen molar-refractivity contribution < 1.29 is 9.18 Å². The number of hydrogen-bond acceptors (Lipinski definition) is 2. The van der Waals surface area contributed by atoms with Crippen LogP contribution in [0.25, 0.3) is 0 Å². The SMILES string of the molecule is CNC(=O)c1ccc(NC2CCc3c(F)cccc32)cc1. The number of amides is 1. The molecule has 0 heterocycles. The topological polar surface area (TPSA) is 41.1 Å². The molecule has 1 aliphatic rings. The molecule has 3 rings (SSSR count). The number of carbonyl (C=O) groups excluding carboxylic acids is 1. The van der Waals surface area contributed by atoms with E-state index in [-0.39, 0.29) is 17.8 Å². The minimum atomic E-state index is -0.119. The number of anilines is 1. The van der Waals surface area contributed by atoms with E-state index in [9.17, 15) is 9.18 Å². The van der Waals surface area contributed by atoms with E-state index in [2.05, 4.69) is 10.6 Å². The van der Waals surface area contributed by atoms with Crippen LogP contribution < -0.4 is 10.6 Å². The van der Waals surface area contributed by atoms with Crippen molar-refractivity contribution in [3.63, 3.8) is 0 Å². The lowest BCUT2D eigenvalue weighted by atomic mass is 10.1. The largest absolute Gasteiger partial charge is 0.378 e. The molecule has 1 atom stereocenters. The summed E-state index contributed by atoms with van der Waals surface area (Å²) >= 11 is 0. The van der Waals surface area contributed by atoms with Crippen molar-refractivity contribution >= 4 is 11.6 Å². The van der Waals surface area contributed by atoms with Crippen LogP contribution in [0.2, 0.25) is 0 Å². The van der Waals surface area contributed by atoms with Gasteiger partial charge in [-0.15, -0.1) is 0 Å². The van der Waals surface area contributed by atoms with Crippen molar-refractivity contribution in [3.05, 3.63) is 65.0 Å². The zero-order valence-corrected chi connectivity index (χ0v) is 11.8. The van der Waals surface area contributed by atoms with Gasteiger partial charge in [-0.3, -0.25) is 4.79 Å². The third-order valence-electron chi connectivity index (χ3n) is 3.93. The summed E-state index contributed by atoms with van der Waals surface area (Å²) in [6.07, 6.45) is 1.64. The molecule has 0 fully saturated rings. The summed E-state index contributed by atoms with van der Waals surface area (Å²) in [6.45, 7) is 0. The van der Waals surface area contributed by atoms with E-state index in [1.54, 1.807) is 25.2 Å². The van der Waals surface area contributed by atoms with Crippen LogP contribution in [-0.4, -0.2) is 13.0 Å². The monoisotopic (exact) mass is 284 g/mol. The number of benzene rings is 2. The molecule has 108 valence electrons. The van der Waals surface area contributed by atoms with Gasteiger partial charge in [0.2, 0.25) is 0 Å². The summed E-state index contributed by atoms with van der Waals surface area (Å²) in [5.41, 5.74) is 3.41. The average molecular weight is 284 g/mol. The molecule has 3 nitrogen and oxygen atoms in total. The molecule has 2 aromatic rings. The summed E-state index contributed by atoms with van der Waals surface area (Å²) in [4.78, 5) is 11.5. The van der Waals surface area contributed by atoms with Crippen molar-refractivity contribution in [3.8, 4) is 0 Å². The van der Waals surface area contributed by atoms with Gasteiger partial charge < -0.3 is 10.6 Å². The first-order valence-corrected chi connectivity index (χ1v) is 7.05. The maximum Gasteiger partial charge on any atom is 0.251 e. The third-order valence-corrected chi connectivity index (χ3v) is 3.93. The van der Waals surface area contributed by atoms with Gasteiger partial charge in [-0.05, 0) is 54.3 Å². The number of nitrogens with one attached hydrogen (secondary N) is 2. The van der Waals surface area contributed by atoms with Crippen LogP contribution in [0.15, 0.2) is 42.5 Å². The Morgan fingerprint density at radius 1 is 1.19 bits per heavy atom. The van der Waals surface area contributed by atoms with Crippen molar-refractivity contribution in [2.45, 2.75) is 18.9 Å². The second kappa shape index (κ2) is 5.56. The molecule has 21 heavy (non-hydrogen) atoms. The molecule has 0 aliphatic heterocycles. The predicted octanol–water partition coefficient (Wildman–Crippen LogP) is 3.28. The second-order valence-corrected chi connectivity index (χ2v) is 5.20. The van der Waals surface area contributed by atoms with Gasteiger partial charge in [-0.2, -0.15) is 0 Å². The number of hydrogen-bond donors (Lipinski definition) is 2. The highest BCUT2D eigenvalue weighted by atomic mass is 19.1. The lowest BCUT2D eigenvalue weighted by Gasteiger charge is -2.16. The van der Waals surface area contributed by atoms with E-state index in [0.29, 0.717) is 5.56 Å². The fourth-order valence-corrected chi connectivity index (χ4v) is 2.82. The Hall–Kier alpha value is -2.36. The summed E-state index contributed by atoms with van der Waals surface area (Å²) in [7, 11) is 1.61. The van der Waals surface area contributed by atoms with Crippen molar-refractivity contribution in [1.29, 1.82) is 0 Å². The molecular formula is C17H17FN2O. The summed E-state index contributed by atoms with van der Waals surface area (Å²) in [6, 6.07) is 12.7. The fraction of sp³-hybridized carbons (Fsp3) is 0.235. The first-order valence-electron chi connectivity index (χ1n) is 7.05. The van der Waals surface area contributed by atoms with E-state index in [1.807, 2.05) is 18.2 Å². The molecule has 0 radical (unpaired) electrons. The highest BCUT2D eigenvalue weighted by molar-refractivity contribution is 5.94. The van der Waals surface area contributed by atoms with Gasteiger partial charge in [0.1, 0.15) is 5.82 Å². The van der Waals surface area contributed by atoms with Crippen LogP contribution in [0, 0.1) is 5.82 Å². The number of halogens is 1. The fourth-order valence-electron chi connectivity index (χ4n) is 2.82. The first-order chi connectivity index (χ1) is 10.2. The van der Waals surface area contributed by atoms with Gasteiger partial charge in [0.15, 0.2) is 0 Å². The standard InChI is InChI=1S/C17H17FN2O/c1-19-17(21)11-5-7-12(8-6-11)20-16-10-9-13-14(16)3-2-4-15(13)18/h2-8,16,20H,9-10H2,1H3,(H,19,21). The Morgan fingerprint density at radius 3 is 2.67 bits per heavy atom. The van der Waals surface area contributed by atoms with Gasteiger partial charge in [0.05, 0.1) is 6.04 Å². The van der Waals surface area contributed by atoms with E-state index in [0.717, 1.165) is 29.7 Å². The van der Waals surface area contributed by atoms with E-state index in [1.165, 1.54) is 6.07 Å². The van der Waals surface area contributed by atoms with Gasteiger partial charge in [-0.25, -0.2) is 4.39 Å². The lowest BCUT2D eigenvalue weighted by molar-refractivity contribution is 0.0963. The molecule has 1 unspecified atom stereocenters. The van der Waals surface area contributed by atoms with Crippen molar-refractivity contribution in [1.82, 2.24) is 5.32 Å². The van der Waals surface area contributed by atoms with E-state index >= 15 is 0 Å². The average Bonchev–Trinajstić information content (AvgIpc) is 2.92. The van der Waals surface area contributed by atoms with Crippen LogP contribution in [0.4, 0.5) is 10.1 Å². The second-order valence-electron chi connectivity index (χ2n) is 5.20. The normalized spacial score (nSPS) is 16.4. The van der Waals surface area contributed by atoms with Crippen LogP contribution in [-0.2, 0) is 6.42 Å². The highest BCUT2D eigenvalue weighted by Crippen LogP contribution is 2.35. The predicted molar refractivity (Wildman–Crippen MR) is 80.9 cm³/mol. The Bertz CT molecular complexity index is 667. The van der Waals surface area contributed by atoms with E-state index < -0.39 is 0 Å². The highest BCUT2D eigenvalue weighted by Gasteiger charge is 2.24. The Morgan fingerprint density at radius 2 is 1.95 bits per heavy atom. The Balaban J connectivity index is 1.77. The molecule has 1 amide bonds. The van der Waals surface area contributed by atoms with Gasteiger partial charge in [0.25, 0.3) is 5.91 Å². The molecule has 2 N–H and O–H groups in total. The molecule has 0 spiro atoms. The summed E-state index contributed by atoms with van der Waals surface area (Å²) in [5, 5.41) is 6.00. The van der Waals surface area contributed by atoms with Crippen molar-refractivity contribution in [2.75, 3.05) is 12.4 Å². The number of fused-ring (bicyclic) bond motifs is 1. The number of rotatable bonds is 3. The van der Waals surface area contributed by atoms with Crippen LogP contribution >= 0.6 is 0 Å².